The number of likely N-dealkylation sites (tertiary alicyclic amines) is 1. The summed E-state index contributed by atoms with van der Waals surface area (Å²) < 4.78 is 15.9. The van der Waals surface area contributed by atoms with Gasteiger partial charge in [-0.3, -0.25) is 14.5 Å². The predicted octanol–water partition coefficient (Wildman–Crippen LogP) is 1.88. The Kier molecular flexibility index (Phi) is 5.73. The lowest BCUT2D eigenvalue weighted by Crippen LogP contribution is -2.36. The standard InChI is InChI=1S/C21H23FN10O/c1-30-12-18(26-28-30)17-8-14-9-20(24-11-15(14)10-23-17)25-21(33)19-13-32(29-27-19)16-2-5-31(6-3-16)7-4-22/h8-13,16H,2-7H2,1H3,(H,24,25,33). The number of rotatable bonds is 6. The fourth-order valence-corrected chi connectivity index (χ4v) is 3.98. The van der Waals surface area contributed by atoms with Crippen LogP contribution in [0.3, 0.4) is 0 Å². The minimum absolute atomic E-state index is 0.153. The van der Waals surface area contributed by atoms with Crippen molar-refractivity contribution < 1.29 is 9.18 Å². The first-order valence-corrected chi connectivity index (χ1v) is 10.7. The lowest BCUT2D eigenvalue weighted by atomic mass is 10.1. The van der Waals surface area contributed by atoms with Crippen LogP contribution in [0.1, 0.15) is 29.4 Å². The van der Waals surface area contributed by atoms with E-state index in [9.17, 15) is 9.18 Å². The number of nitrogens with one attached hydrogen (secondary N) is 1. The molecule has 1 saturated heterocycles. The Labute approximate surface area is 188 Å². The van der Waals surface area contributed by atoms with Gasteiger partial charge in [-0.05, 0) is 30.4 Å². The predicted molar refractivity (Wildman–Crippen MR) is 118 cm³/mol. The summed E-state index contributed by atoms with van der Waals surface area (Å²) in [7, 11) is 1.79. The van der Waals surface area contributed by atoms with Gasteiger partial charge in [0.25, 0.3) is 5.91 Å². The topological polar surface area (TPSA) is 120 Å². The molecule has 0 saturated carbocycles. The molecule has 1 N–H and O–H groups in total. The van der Waals surface area contributed by atoms with E-state index in [1.165, 1.54) is 0 Å². The summed E-state index contributed by atoms with van der Waals surface area (Å²) in [5, 5.41) is 20.7. The number of nitrogens with zero attached hydrogens (tertiary/aromatic N) is 9. The second kappa shape index (κ2) is 8.98. The highest BCUT2D eigenvalue weighted by Crippen LogP contribution is 2.23. The van der Waals surface area contributed by atoms with Gasteiger partial charge in [0.05, 0.1) is 24.1 Å². The van der Waals surface area contributed by atoms with Crippen LogP contribution in [0.5, 0.6) is 0 Å². The van der Waals surface area contributed by atoms with Crippen LogP contribution in [-0.2, 0) is 7.05 Å². The number of hydrogen-bond donors (Lipinski definition) is 1. The van der Waals surface area contributed by atoms with Crippen molar-refractivity contribution in [2.24, 2.45) is 7.05 Å². The SMILES string of the molecule is Cn1cc(-c2cc3cc(NC(=O)c4cn(C5CCN(CCF)CC5)nn4)ncc3cn2)nn1. The molecule has 0 aromatic carbocycles. The number of fused-ring (bicyclic) bond motifs is 1. The molecule has 33 heavy (non-hydrogen) atoms. The van der Waals surface area contributed by atoms with Gasteiger partial charge in [0.15, 0.2) is 5.69 Å². The van der Waals surface area contributed by atoms with Gasteiger partial charge in [-0.2, -0.15) is 0 Å². The van der Waals surface area contributed by atoms with Gasteiger partial charge in [-0.1, -0.05) is 10.4 Å². The maximum atomic E-state index is 12.7. The molecule has 4 aromatic heterocycles. The number of carbonyl (C=O) groups is 1. The smallest absolute Gasteiger partial charge is 0.278 e. The number of piperidine rings is 1. The van der Waals surface area contributed by atoms with Crippen LogP contribution in [0.4, 0.5) is 10.2 Å². The monoisotopic (exact) mass is 450 g/mol. The van der Waals surface area contributed by atoms with E-state index in [1.807, 2.05) is 6.07 Å². The first kappa shape index (κ1) is 21.1. The van der Waals surface area contributed by atoms with Crippen molar-refractivity contribution in [3.05, 3.63) is 42.6 Å². The Morgan fingerprint density at radius 2 is 1.88 bits per heavy atom. The van der Waals surface area contributed by atoms with Crippen LogP contribution in [0.2, 0.25) is 0 Å². The van der Waals surface area contributed by atoms with Gasteiger partial charge in [0.1, 0.15) is 18.2 Å². The molecule has 0 atom stereocenters. The molecule has 1 aliphatic heterocycles. The number of amides is 1. The molecule has 5 heterocycles. The van der Waals surface area contributed by atoms with Gasteiger partial charge in [-0.25, -0.2) is 14.1 Å². The average molecular weight is 450 g/mol. The Morgan fingerprint density at radius 1 is 1.06 bits per heavy atom. The summed E-state index contributed by atoms with van der Waals surface area (Å²) in [4.78, 5) is 23.5. The highest BCUT2D eigenvalue weighted by molar-refractivity contribution is 6.03. The highest BCUT2D eigenvalue weighted by atomic mass is 19.1. The number of alkyl halides is 1. The summed E-state index contributed by atoms with van der Waals surface area (Å²) in [5.41, 5.74) is 1.56. The lowest BCUT2D eigenvalue weighted by Gasteiger charge is -2.30. The van der Waals surface area contributed by atoms with Crippen molar-refractivity contribution in [3.8, 4) is 11.4 Å². The Hall–Kier alpha value is -3.80. The molecule has 0 bridgehead atoms. The number of aromatic nitrogens is 8. The molecule has 4 aromatic rings. The molecule has 11 nitrogen and oxygen atoms in total. The molecule has 1 aliphatic rings. The van der Waals surface area contributed by atoms with Crippen molar-refractivity contribution in [2.75, 3.05) is 31.6 Å². The second-order valence-corrected chi connectivity index (χ2v) is 8.06. The van der Waals surface area contributed by atoms with Crippen LogP contribution in [0.25, 0.3) is 22.2 Å². The van der Waals surface area contributed by atoms with Crippen molar-refractivity contribution in [1.82, 2.24) is 44.9 Å². The Bertz CT molecular complexity index is 1280. The fraction of sp³-hybridized carbons (Fsp3) is 0.381. The van der Waals surface area contributed by atoms with Gasteiger partial charge >= 0.3 is 0 Å². The van der Waals surface area contributed by atoms with Crippen LogP contribution in [0, 0.1) is 0 Å². The molecule has 5 rings (SSSR count). The van der Waals surface area contributed by atoms with E-state index < -0.39 is 0 Å². The second-order valence-electron chi connectivity index (χ2n) is 8.06. The van der Waals surface area contributed by atoms with Crippen LogP contribution in [0.15, 0.2) is 36.9 Å². The molecule has 0 spiro atoms. The summed E-state index contributed by atoms with van der Waals surface area (Å²) in [5.74, 6) is 0.0176. The van der Waals surface area contributed by atoms with Gasteiger partial charge in [0.2, 0.25) is 0 Å². The molecule has 1 fully saturated rings. The first-order chi connectivity index (χ1) is 16.1. The normalized spacial score (nSPS) is 15.2. The Morgan fingerprint density at radius 3 is 2.64 bits per heavy atom. The highest BCUT2D eigenvalue weighted by Gasteiger charge is 2.22. The van der Waals surface area contributed by atoms with E-state index in [2.05, 4.69) is 40.8 Å². The molecular formula is C21H23FN10O. The number of halogens is 1. The van der Waals surface area contributed by atoms with Crippen molar-refractivity contribution in [3.63, 3.8) is 0 Å². The van der Waals surface area contributed by atoms with Gasteiger partial charge < -0.3 is 10.2 Å². The molecule has 0 radical (unpaired) electrons. The number of hydrogen-bond acceptors (Lipinski definition) is 8. The largest absolute Gasteiger partial charge is 0.305 e. The fourth-order valence-electron chi connectivity index (χ4n) is 3.98. The third-order valence-electron chi connectivity index (χ3n) is 5.78. The van der Waals surface area contributed by atoms with Crippen molar-refractivity contribution in [2.45, 2.75) is 18.9 Å². The quantitative estimate of drug-likeness (QED) is 0.473. The molecule has 170 valence electrons. The Balaban J connectivity index is 1.28. The van der Waals surface area contributed by atoms with Crippen LogP contribution < -0.4 is 5.32 Å². The number of carbonyl (C=O) groups excluding carboxylic acids is 1. The van der Waals surface area contributed by atoms with Gasteiger partial charge in [-0.15, -0.1) is 10.2 Å². The van der Waals surface area contributed by atoms with Crippen molar-refractivity contribution in [1.29, 1.82) is 0 Å². The molecule has 12 heteroatoms. The summed E-state index contributed by atoms with van der Waals surface area (Å²) in [6.45, 7) is 1.75. The van der Waals surface area contributed by atoms with E-state index in [-0.39, 0.29) is 24.3 Å². The number of pyridine rings is 2. The van der Waals surface area contributed by atoms with Crippen molar-refractivity contribution >= 4 is 22.5 Å². The lowest BCUT2D eigenvalue weighted by molar-refractivity contribution is 0.102. The number of aryl methyl sites for hydroxylation is 1. The average Bonchev–Trinajstić information content (AvgIpc) is 3.49. The van der Waals surface area contributed by atoms with E-state index in [0.717, 1.165) is 36.7 Å². The van der Waals surface area contributed by atoms with E-state index in [0.29, 0.717) is 23.8 Å². The zero-order chi connectivity index (χ0) is 22.8. The van der Waals surface area contributed by atoms with E-state index in [4.69, 9.17) is 0 Å². The zero-order valence-electron chi connectivity index (χ0n) is 18.1. The molecule has 0 unspecified atom stereocenters. The van der Waals surface area contributed by atoms with E-state index in [1.54, 1.807) is 47.3 Å². The number of anilines is 1. The maximum Gasteiger partial charge on any atom is 0.278 e. The molecule has 0 aliphatic carbocycles. The minimum atomic E-state index is -0.383. The van der Waals surface area contributed by atoms with Crippen LogP contribution >= 0.6 is 0 Å². The maximum absolute atomic E-state index is 12.7. The summed E-state index contributed by atoms with van der Waals surface area (Å²) in [6.07, 6.45) is 8.49. The molecular weight excluding hydrogens is 427 g/mol. The third-order valence-corrected chi connectivity index (χ3v) is 5.78. The summed E-state index contributed by atoms with van der Waals surface area (Å²) in [6, 6.07) is 3.81. The zero-order valence-corrected chi connectivity index (χ0v) is 18.1. The molecule has 1 amide bonds. The summed E-state index contributed by atoms with van der Waals surface area (Å²) >= 11 is 0. The van der Waals surface area contributed by atoms with Crippen LogP contribution in [-0.4, -0.2) is 77.1 Å². The third kappa shape index (κ3) is 4.55. The van der Waals surface area contributed by atoms with E-state index >= 15 is 0 Å². The minimum Gasteiger partial charge on any atom is -0.305 e. The van der Waals surface area contributed by atoms with Gasteiger partial charge in [0, 0.05) is 44.5 Å². The first-order valence-electron chi connectivity index (χ1n) is 10.7.